The van der Waals surface area contributed by atoms with Crippen LogP contribution >= 0.6 is 0 Å². The lowest BCUT2D eigenvalue weighted by atomic mass is 9.98. The molecule has 0 saturated carbocycles. The van der Waals surface area contributed by atoms with Crippen LogP contribution in [0.3, 0.4) is 0 Å². The molecule has 0 bridgehead atoms. The number of rotatable bonds is 2. The highest BCUT2D eigenvalue weighted by molar-refractivity contribution is 6.17. The Kier molecular flexibility index (Phi) is 2.48. The van der Waals surface area contributed by atoms with Gasteiger partial charge in [0.05, 0.1) is 21.5 Å². The first-order valence-electron chi connectivity index (χ1n) is 7.73. The second-order valence-corrected chi connectivity index (χ2v) is 5.90. The van der Waals surface area contributed by atoms with Crippen LogP contribution in [-0.4, -0.2) is 9.32 Å². The van der Waals surface area contributed by atoms with Crippen LogP contribution in [0.1, 0.15) is 0 Å². The number of nitrogens with zero attached hydrogens (tertiary/aromatic N) is 2. The Hall–Kier alpha value is -3.40. The molecule has 4 nitrogen and oxygen atoms in total. The molecule has 114 valence electrons. The Bertz CT molecular complexity index is 1220. The van der Waals surface area contributed by atoms with E-state index in [2.05, 4.69) is 22.6 Å². The summed E-state index contributed by atoms with van der Waals surface area (Å²) in [6.45, 7) is 0. The van der Waals surface area contributed by atoms with E-state index in [4.69, 9.17) is 0 Å². The van der Waals surface area contributed by atoms with Crippen molar-refractivity contribution in [2.24, 2.45) is 0 Å². The van der Waals surface area contributed by atoms with Crippen molar-refractivity contribution in [1.29, 1.82) is 0 Å². The van der Waals surface area contributed by atoms with E-state index in [0.29, 0.717) is 5.56 Å². The Morgan fingerprint density at radius 1 is 0.750 bits per heavy atom. The first-order chi connectivity index (χ1) is 11.8. The number of hydrogen-bond donors (Lipinski definition) is 0. The van der Waals surface area contributed by atoms with Crippen LogP contribution in [0.2, 0.25) is 0 Å². The van der Waals surface area contributed by atoms with Gasteiger partial charge in [-0.3, -0.25) is 10.1 Å². The van der Waals surface area contributed by atoms with Gasteiger partial charge in [0.15, 0.2) is 0 Å². The predicted molar refractivity (Wildman–Crippen MR) is 95.7 cm³/mol. The quantitative estimate of drug-likeness (QED) is 0.330. The van der Waals surface area contributed by atoms with E-state index < -0.39 is 0 Å². The molecular weight excluding hydrogens is 300 g/mol. The van der Waals surface area contributed by atoms with Crippen molar-refractivity contribution in [3.05, 3.63) is 83.0 Å². The molecule has 0 saturated heterocycles. The molecule has 2 aromatic heterocycles. The summed E-state index contributed by atoms with van der Waals surface area (Å²) in [6.07, 6.45) is 2.04. The largest absolute Gasteiger partial charge is 0.315 e. The van der Waals surface area contributed by atoms with Crippen molar-refractivity contribution in [3.63, 3.8) is 0 Å². The molecule has 5 aromatic rings. The number of para-hydroxylation sites is 2. The molecule has 24 heavy (non-hydrogen) atoms. The zero-order valence-corrected chi connectivity index (χ0v) is 12.6. The molecule has 0 atom stereocenters. The van der Waals surface area contributed by atoms with Gasteiger partial charge in [0.25, 0.3) is 5.69 Å². The highest BCUT2D eigenvalue weighted by Gasteiger charge is 2.19. The van der Waals surface area contributed by atoms with Gasteiger partial charge in [-0.15, -0.1) is 0 Å². The summed E-state index contributed by atoms with van der Waals surface area (Å²) in [5.74, 6) is 0. The van der Waals surface area contributed by atoms with Crippen LogP contribution in [0.15, 0.2) is 72.9 Å². The summed E-state index contributed by atoms with van der Waals surface area (Å²) in [6, 6.07) is 21.3. The number of hydrogen-bond acceptors (Lipinski definition) is 2. The maximum atomic E-state index is 11.4. The highest BCUT2D eigenvalue weighted by Crippen LogP contribution is 2.40. The van der Waals surface area contributed by atoms with E-state index in [1.54, 1.807) is 12.1 Å². The minimum atomic E-state index is -0.319. The molecule has 4 heteroatoms. The summed E-state index contributed by atoms with van der Waals surface area (Å²) in [5.41, 5.74) is 3.96. The molecular formula is C20H12N2O2. The van der Waals surface area contributed by atoms with Crippen LogP contribution < -0.4 is 0 Å². The Morgan fingerprint density at radius 3 is 2.42 bits per heavy atom. The fraction of sp³-hybridized carbons (Fsp3) is 0. The minimum Gasteiger partial charge on any atom is -0.315 e. The molecule has 0 aliphatic rings. The van der Waals surface area contributed by atoms with E-state index in [1.165, 1.54) is 10.8 Å². The molecule has 5 rings (SSSR count). The fourth-order valence-electron chi connectivity index (χ4n) is 3.68. The van der Waals surface area contributed by atoms with Gasteiger partial charge in [0, 0.05) is 28.4 Å². The maximum absolute atomic E-state index is 11.4. The van der Waals surface area contributed by atoms with Crippen molar-refractivity contribution in [3.8, 4) is 11.1 Å². The summed E-state index contributed by atoms with van der Waals surface area (Å²) in [5, 5.41) is 14.8. The normalized spacial score (nSPS) is 11.7. The molecule has 0 aliphatic heterocycles. The third-order valence-corrected chi connectivity index (χ3v) is 4.69. The minimum absolute atomic E-state index is 0.135. The number of nitro groups is 1. The van der Waals surface area contributed by atoms with E-state index in [-0.39, 0.29) is 10.6 Å². The van der Waals surface area contributed by atoms with Gasteiger partial charge in [-0.1, -0.05) is 42.5 Å². The van der Waals surface area contributed by atoms with Crippen LogP contribution in [0.4, 0.5) is 5.69 Å². The summed E-state index contributed by atoms with van der Waals surface area (Å²) >= 11 is 0. The van der Waals surface area contributed by atoms with Gasteiger partial charge in [-0.25, -0.2) is 0 Å². The number of benzene rings is 3. The molecule has 0 amide bonds. The fourth-order valence-corrected chi connectivity index (χ4v) is 3.68. The van der Waals surface area contributed by atoms with Crippen molar-refractivity contribution in [2.75, 3.05) is 0 Å². The lowest BCUT2D eigenvalue weighted by molar-refractivity contribution is -0.384. The smallest absolute Gasteiger partial charge is 0.277 e. The van der Waals surface area contributed by atoms with Gasteiger partial charge in [0.2, 0.25) is 0 Å². The number of fused-ring (bicyclic) bond motifs is 3. The average molecular weight is 312 g/mol. The topological polar surface area (TPSA) is 47.5 Å². The van der Waals surface area contributed by atoms with Crippen LogP contribution in [0.25, 0.3) is 38.3 Å². The van der Waals surface area contributed by atoms with Crippen molar-refractivity contribution >= 4 is 32.9 Å². The Morgan fingerprint density at radius 2 is 1.54 bits per heavy atom. The maximum Gasteiger partial charge on any atom is 0.277 e. The Balaban J connectivity index is 1.93. The first-order valence-corrected chi connectivity index (χ1v) is 7.73. The number of aromatic nitrogens is 1. The molecule has 0 spiro atoms. The summed E-state index contributed by atoms with van der Waals surface area (Å²) in [4.78, 5) is 11.1. The first kappa shape index (κ1) is 13.1. The lowest BCUT2D eigenvalue weighted by Crippen LogP contribution is -1.91. The second kappa shape index (κ2) is 4.55. The van der Waals surface area contributed by atoms with E-state index >= 15 is 0 Å². The number of nitro benzene ring substituents is 1. The van der Waals surface area contributed by atoms with E-state index in [1.807, 2.05) is 42.6 Å². The lowest BCUT2D eigenvalue weighted by Gasteiger charge is -2.05. The predicted octanol–water partition coefficient (Wildman–Crippen LogP) is 5.26. The van der Waals surface area contributed by atoms with Gasteiger partial charge < -0.3 is 4.40 Å². The van der Waals surface area contributed by atoms with Gasteiger partial charge in [-0.05, 0) is 23.8 Å². The molecule has 0 radical (unpaired) electrons. The van der Waals surface area contributed by atoms with Gasteiger partial charge >= 0.3 is 0 Å². The van der Waals surface area contributed by atoms with Crippen molar-refractivity contribution < 1.29 is 4.92 Å². The van der Waals surface area contributed by atoms with E-state index in [0.717, 1.165) is 22.0 Å². The molecule has 0 aliphatic carbocycles. The van der Waals surface area contributed by atoms with Gasteiger partial charge in [0.1, 0.15) is 0 Å². The molecule has 0 fully saturated rings. The summed E-state index contributed by atoms with van der Waals surface area (Å²) in [7, 11) is 0. The molecule has 0 unspecified atom stereocenters. The van der Waals surface area contributed by atoms with Gasteiger partial charge in [-0.2, -0.15) is 0 Å². The molecule has 0 N–H and O–H groups in total. The third kappa shape index (κ3) is 1.57. The zero-order chi connectivity index (χ0) is 16.3. The Labute approximate surface area is 137 Å². The average Bonchev–Trinajstić information content (AvgIpc) is 3.19. The standard InChI is InChI=1S/C20H12N2O2/c23-22(24)19-8-4-2-5-14(19)13-9-10-16-15-6-1-3-7-18(15)21-12-11-17(13)20(16)21/h1-12H. The highest BCUT2D eigenvalue weighted by atomic mass is 16.6. The molecule has 2 heterocycles. The molecule has 3 aromatic carbocycles. The summed E-state index contributed by atoms with van der Waals surface area (Å²) < 4.78 is 2.16. The van der Waals surface area contributed by atoms with Crippen molar-refractivity contribution in [1.82, 2.24) is 4.40 Å². The second-order valence-electron chi connectivity index (χ2n) is 5.90. The monoisotopic (exact) mass is 312 g/mol. The third-order valence-electron chi connectivity index (χ3n) is 4.69. The van der Waals surface area contributed by atoms with Crippen LogP contribution in [0, 0.1) is 10.1 Å². The SMILES string of the molecule is O=[N+]([O-])c1ccccc1-c1ccc2c3ccccc3n3ccc1c23. The zero-order valence-electron chi connectivity index (χ0n) is 12.6. The van der Waals surface area contributed by atoms with Crippen LogP contribution in [-0.2, 0) is 0 Å². The van der Waals surface area contributed by atoms with E-state index in [9.17, 15) is 10.1 Å². The van der Waals surface area contributed by atoms with Crippen LogP contribution in [0.5, 0.6) is 0 Å². The van der Waals surface area contributed by atoms with Crippen molar-refractivity contribution in [2.45, 2.75) is 0 Å².